The van der Waals surface area contributed by atoms with Gasteiger partial charge in [0, 0.05) is 44.0 Å². The standard InChI is InChI=1S/C47H31N3/c1-4-15-32(16-5-1)35-28-42(33-17-6-2-7-18-33)48-43(29-35)34-19-14-22-37(27-34)50-45-26-13-11-24-39(45)41-30-40-38-23-10-12-25-44(38)49(46(40)31-47(41)50)36-20-8-3-9-21-36/h1-31H. The Hall–Kier alpha value is -6.71. The molecule has 0 N–H and O–H groups in total. The number of hydrogen-bond acceptors (Lipinski definition) is 1. The van der Waals surface area contributed by atoms with Crippen molar-refractivity contribution in [2.24, 2.45) is 0 Å². The molecule has 0 aliphatic rings. The van der Waals surface area contributed by atoms with E-state index in [1.807, 2.05) is 6.07 Å². The number of fused-ring (bicyclic) bond motifs is 6. The van der Waals surface area contributed by atoms with E-state index in [9.17, 15) is 0 Å². The van der Waals surface area contributed by atoms with Crippen LogP contribution in [0.4, 0.5) is 0 Å². The minimum absolute atomic E-state index is 0.944. The Kier molecular flexibility index (Phi) is 6.49. The quantitative estimate of drug-likeness (QED) is 0.184. The molecule has 0 bridgehead atoms. The van der Waals surface area contributed by atoms with Gasteiger partial charge in [-0.1, -0.05) is 127 Å². The van der Waals surface area contributed by atoms with Crippen molar-refractivity contribution in [3.05, 3.63) is 188 Å². The highest BCUT2D eigenvalue weighted by Crippen LogP contribution is 2.40. The van der Waals surface area contributed by atoms with Crippen molar-refractivity contribution in [2.75, 3.05) is 0 Å². The first kappa shape index (κ1) is 28.3. The molecule has 3 heteroatoms. The molecule has 3 aromatic heterocycles. The van der Waals surface area contributed by atoms with Gasteiger partial charge in [-0.3, -0.25) is 0 Å². The van der Waals surface area contributed by atoms with Crippen LogP contribution in [0.1, 0.15) is 0 Å². The molecule has 0 spiro atoms. The topological polar surface area (TPSA) is 22.8 Å². The van der Waals surface area contributed by atoms with E-state index in [0.717, 1.165) is 39.5 Å². The molecule has 7 aromatic carbocycles. The Bertz CT molecular complexity index is 2790. The molecule has 3 nitrogen and oxygen atoms in total. The summed E-state index contributed by atoms with van der Waals surface area (Å²) in [6.45, 7) is 0. The zero-order valence-electron chi connectivity index (χ0n) is 27.2. The molecule has 0 radical (unpaired) electrons. The smallest absolute Gasteiger partial charge is 0.0716 e. The van der Waals surface area contributed by atoms with Crippen molar-refractivity contribution < 1.29 is 0 Å². The Labute approximate surface area is 290 Å². The highest BCUT2D eigenvalue weighted by molar-refractivity contribution is 6.19. The Balaban J connectivity index is 1.22. The van der Waals surface area contributed by atoms with Crippen LogP contribution in [0.15, 0.2) is 188 Å². The second-order valence-corrected chi connectivity index (χ2v) is 12.8. The van der Waals surface area contributed by atoms with Crippen molar-refractivity contribution in [2.45, 2.75) is 0 Å². The van der Waals surface area contributed by atoms with E-state index >= 15 is 0 Å². The Morgan fingerprint density at radius 1 is 0.280 bits per heavy atom. The number of aromatic nitrogens is 3. The molecule has 0 saturated carbocycles. The van der Waals surface area contributed by atoms with Gasteiger partial charge >= 0.3 is 0 Å². The van der Waals surface area contributed by atoms with Crippen molar-refractivity contribution in [3.63, 3.8) is 0 Å². The summed E-state index contributed by atoms with van der Waals surface area (Å²) in [5, 5.41) is 4.99. The molecular weight excluding hydrogens is 607 g/mol. The number of nitrogens with zero attached hydrogens (tertiary/aromatic N) is 3. The van der Waals surface area contributed by atoms with Crippen LogP contribution in [-0.4, -0.2) is 14.1 Å². The molecule has 0 aliphatic carbocycles. The lowest BCUT2D eigenvalue weighted by molar-refractivity contribution is 1.16. The van der Waals surface area contributed by atoms with Crippen molar-refractivity contribution in [1.29, 1.82) is 0 Å². The Morgan fingerprint density at radius 2 is 0.760 bits per heavy atom. The van der Waals surface area contributed by atoms with Crippen LogP contribution in [-0.2, 0) is 0 Å². The second kappa shape index (κ2) is 11.5. The van der Waals surface area contributed by atoms with Gasteiger partial charge in [0.1, 0.15) is 0 Å². The fourth-order valence-electron chi connectivity index (χ4n) is 7.60. The summed E-state index contributed by atoms with van der Waals surface area (Å²) in [5.74, 6) is 0. The van der Waals surface area contributed by atoms with Crippen LogP contribution < -0.4 is 0 Å². The molecule has 0 saturated heterocycles. The maximum absolute atomic E-state index is 5.24. The lowest BCUT2D eigenvalue weighted by Crippen LogP contribution is -1.97. The van der Waals surface area contributed by atoms with Gasteiger partial charge < -0.3 is 9.13 Å². The third-order valence-electron chi connectivity index (χ3n) is 9.88. The number of pyridine rings is 1. The predicted octanol–water partition coefficient (Wildman–Crippen LogP) is 12.3. The van der Waals surface area contributed by atoms with Crippen LogP contribution in [0.2, 0.25) is 0 Å². The number of benzene rings is 7. The molecule has 0 amide bonds. The second-order valence-electron chi connectivity index (χ2n) is 12.8. The van der Waals surface area contributed by atoms with Crippen molar-refractivity contribution >= 4 is 43.6 Å². The van der Waals surface area contributed by atoms with Gasteiger partial charge in [0.05, 0.1) is 33.5 Å². The lowest BCUT2D eigenvalue weighted by atomic mass is 10.00. The van der Waals surface area contributed by atoms with E-state index in [-0.39, 0.29) is 0 Å². The van der Waals surface area contributed by atoms with Crippen LogP contribution in [0.5, 0.6) is 0 Å². The first-order valence-corrected chi connectivity index (χ1v) is 17.1. The summed E-state index contributed by atoms with van der Waals surface area (Å²) < 4.78 is 4.81. The third-order valence-corrected chi connectivity index (χ3v) is 9.88. The van der Waals surface area contributed by atoms with Gasteiger partial charge in [0.25, 0.3) is 0 Å². The SMILES string of the molecule is c1ccc(-c2cc(-c3ccccc3)nc(-c3cccc(-n4c5ccccc5c5cc6c7ccccc7n(-c7ccccc7)c6cc54)c3)c2)cc1. The molecule has 3 heterocycles. The summed E-state index contributed by atoms with van der Waals surface area (Å²) >= 11 is 0. The van der Waals surface area contributed by atoms with Gasteiger partial charge in [-0.2, -0.15) is 0 Å². The zero-order valence-corrected chi connectivity index (χ0v) is 27.2. The maximum Gasteiger partial charge on any atom is 0.0716 e. The molecule has 0 unspecified atom stereocenters. The average molecular weight is 638 g/mol. The molecule has 0 atom stereocenters. The van der Waals surface area contributed by atoms with E-state index in [4.69, 9.17) is 4.98 Å². The van der Waals surface area contributed by atoms with Crippen LogP contribution >= 0.6 is 0 Å². The van der Waals surface area contributed by atoms with Gasteiger partial charge in [0.2, 0.25) is 0 Å². The number of para-hydroxylation sites is 3. The first-order valence-electron chi connectivity index (χ1n) is 17.1. The molecule has 10 aromatic rings. The zero-order chi connectivity index (χ0) is 33.0. The summed E-state index contributed by atoms with van der Waals surface area (Å²) in [6, 6.07) is 67.2. The van der Waals surface area contributed by atoms with Gasteiger partial charge in [0.15, 0.2) is 0 Å². The molecule has 0 aliphatic heterocycles. The molecule has 0 fully saturated rings. The minimum atomic E-state index is 0.944. The van der Waals surface area contributed by atoms with Crippen molar-refractivity contribution in [1.82, 2.24) is 14.1 Å². The first-order chi connectivity index (χ1) is 24.8. The van der Waals surface area contributed by atoms with Crippen LogP contribution in [0, 0.1) is 0 Å². The van der Waals surface area contributed by atoms with Gasteiger partial charge in [-0.05, 0) is 71.8 Å². The summed E-state index contributed by atoms with van der Waals surface area (Å²) in [7, 11) is 0. The third kappa shape index (κ3) is 4.56. The Morgan fingerprint density at radius 3 is 1.40 bits per heavy atom. The summed E-state index contributed by atoms with van der Waals surface area (Å²) in [6.07, 6.45) is 0. The van der Waals surface area contributed by atoms with E-state index < -0.39 is 0 Å². The van der Waals surface area contributed by atoms with E-state index in [1.54, 1.807) is 0 Å². The van der Waals surface area contributed by atoms with Crippen molar-refractivity contribution in [3.8, 4) is 45.0 Å². The fourth-order valence-corrected chi connectivity index (χ4v) is 7.60. The monoisotopic (exact) mass is 637 g/mol. The normalized spacial score (nSPS) is 11.6. The molecular formula is C47H31N3. The highest BCUT2D eigenvalue weighted by Gasteiger charge is 2.19. The summed E-state index contributed by atoms with van der Waals surface area (Å²) in [5.41, 5.74) is 13.4. The predicted molar refractivity (Wildman–Crippen MR) is 209 cm³/mol. The largest absolute Gasteiger partial charge is 0.309 e. The van der Waals surface area contributed by atoms with E-state index in [1.165, 1.54) is 49.2 Å². The molecule has 50 heavy (non-hydrogen) atoms. The number of hydrogen-bond donors (Lipinski definition) is 0. The highest BCUT2D eigenvalue weighted by atomic mass is 15.0. The van der Waals surface area contributed by atoms with E-state index in [0.29, 0.717) is 0 Å². The molecule has 234 valence electrons. The van der Waals surface area contributed by atoms with E-state index in [2.05, 4.69) is 191 Å². The van der Waals surface area contributed by atoms with Gasteiger partial charge in [-0.25, -0.2) is 4.98 Å². The molecule has 10 rings (SSSR count). The minimum Gasteiger partial charge on any atom is -0.309 e. The number of rotatable bonds is 5. The van der Waals surface area contributed by atoms with Crippen LogP contribution in [0.25, 0.3) is 88.6 Å². The lowest BCUT2D eigenvalue weighted by Gasteiger charge is -2.13. The van der Waals surface area contributed by atoms with Crippen LogP contribution in [0.3, 0.4) is 0 Å². The van der Waals surface area contributed by atoms with Gasteiger partial charge in [-0.15, -0.1) is 0 Å². The summed E-state index contributed by atoms with van der Waals surface area (Å²) in [4.78, 5) is 5.24. The maximum atomic E-state index is 5.24. The fraction of sp³-hybridized carbons (Fsp3) is 0. The average Bonchev–Trinajstić information content (AvgIpc) is 3.70.